The Morgan fingerprint density at radius 2 is 1.53 bits per heavy atom. The summed E-state index contributed by atoms with van der Waals surface area (Å²) < 4.78 is 6.22. The molecule has 32 heavy (non-hydrogen) atoms. The third-order valence-electron chi connectivity index (χ3n) is 5.90. The van der Waals surface area contributed by atoms with Gasteiger partial charge in [0.05, 0.1) is 17.8 Å². The summed E-state index contributed by atoms with van der Waals surface area (Å²) >= 11 is 3.56. The van der Waals surface area contributed by atoms with Crippen LogP contribution in [0.15, 0.2) is 95.5 Å². The number of para-hydroxylation sites is 1. The van der Waals surface area contributed by atoms with E-state index in [1.807, 2.05) is 97.1 Å². The first-order valence-corrected chi connectivity index (χ1v) is 11.3. The summed E-state index contributed by atoms with van der Waals surface area (Å²) in [7, 11) is 0. The Morgan fingerprint density at radius 1 is 0.875 bits per heavy atom. The van der Waals surface area contributed by atoms with Crippen LogP contribution in [0.3, 0.4) is 0 Å². The van der Waals surface area contributed by atoms with Crippen molar-refractivity contribution < 1.29 is 14.3 Å². The van der Waals surface area contributed by atoms with Crippen molar-refractivity contribution in [2.24, 2.45) is 0 Å². The van der Waals surface area contributed by atoms with Gasteiger partial charge in [-0.1, -0.05) is 84.9 Å². The molecule has 5 rings (SSSR count). The molecule has 0 bridgehead atoms. The number of amides is 2. The first kappa shape index (κ1) is 20.5. The van der Waals surface area contributed by atoms with Gasteiger partial charge in [0.25, 0.3) is 5.91 Å². The molecule has 2 heterocycles. The lowest BCUT2D eigenvalue weighted by Gasteiger charge is -2.49. The van der Waals surface area contributed by atoms with E-state index in [-0.39, 0.29) is 24.6 Å². The normalized spacial score (nSPS) is 22.8. The largest absolute Gasteiger partial charge is 0.447 e. The fraction of sp³-hybridized carbons (Fsp3) is 0.154. The summed E-state index contributed by atoms with van der Waals surface area (Å²) in [4.78, 5) is 29.6. The van der Waals surface area contributed by atoms with E-state index >= 15 is 0 Å². The number of anilines is 1. The maximum atomic E-state index is 13.5. The Kier molecular flexibility index (Phi) is 5.53. The van der Waals surface area contributed by atoms with Crippen LogP contribution in [0, 0.1) is 0 Å². The number of carbonyl (C=O) groups excluding carboxylic acids is 2. The molecule has 0 aromatic heterocycles. The zero-order valence-corrected chi connectivity index (χ0v) is 18.8. The molecule has 3 atom stereocenters. The van der Waals surface area contributed by atoms with Crippen molar-refractivity contribution in [1.82, 2.24) is 4.90 Å². The molecular formula is C26H21BrN2O3. The van der Waals surface area contributed by atoms with Crippen molar-refractivity contribution in [1.29, 1.82) is 0 Å². The molecule has 2 aliphatic rings. The first-order chi connectivity index (χ1) is 15.6. The van der Waals surface area contributed by atoms with Gasteiger partial charge in [-0.25, -0.2) is 4.79 Å². The van der Waals surface area contributed by atoms with E-state index in [0.29, 0.717) is 0 Å². The second kappa shape index (κ2) is 8.63. The SMILES string of the molecule is O=C1[C@@H](N2C(=O)OC[C@@H]2c2ccccc2)[C@@H](/C=C/c2ccccc2)N1c1ccccc1Br. The second-order valence-electron chi connectivity index (χ2n) is 7.78. The molecule has 5 nitrogen and oxygen atoms in total. The van der Waals surface area contributed by atoms with Crippen LogP contribution in [0.2, 0.25) is 0 Å². The van der Waals surface area contributed by atoms with Crippen molar-refractivity contribution in [3.05, 3.63) is 107 Å². The summed E-state index contributed by atoms with van der Waals surface area (Å²) in [5.74, 6) is -0.126. The highest BCUT2D eigenvalue weighted by Gasteiger charge is 2.56. The highest BCUT2D eigenvalue weighted by Crippen LogP contribution is 2.41. The number of cyclic esters (lactones) is 1. The summed E-state index contributed by atoms with van der Waals surface area (Å²) in [6.07, 6.45) is 3.53. The number of β-lactam (4-membered cyclic amide) rings is 1. The number of benzene rings is 3. The number of hydrogen-bond donors (Lipinski definition) is 0. The topological polar surface area (TPSA) is 49.9 Å². The quantitative estimate of drug-likeness (QED) is 0.449. The predicted molar refractivity (Wildman–Crippen MR) is 127 cm³/mol. The van der Waals surface area contributed by atoms with E-state index in [2.05, 4.69) is 15.9 Å². The van der Waals surface area contributed by atoms with Crippen molar-refractivity contribution in [2.45, 2.75) is 18.1 Å². The molecule has 2 aliphatic heterocycles. The summed E-state index contributed by atoms with van der Waals surface area (Å²) in [6.45, 7) is 0.233. The average molecular weight is 489 g/mol. The van der Waals surface area contributed by atoms with Crippen LogP contribution < -0.4 is 4.90 Å². The smallest absolute Gasteiger partial charge is 0.411 e. The maximum Gasteiger partial charge on any atom is 0.411 e. The molecule has 2 amide bonds. The molecule has 0 unspecified atom stereocenters. The molecule has 160 valence electrons. The van der Waals surface area contributed by atoms with Crippen molar-refractivity contribution in [3.63, 3.8) is 0 Å². The zero-order valence-electron chi connectivity index (χ0n) is 17.2. The second-order valence-corrected chi connectivity index (χ2v) is 8.63. The molecule has 0 N–H and O–H groups in total. The molecule has 0 spiro atoms. The van der Waals surface area contributed by atoms with E-state index in [1.165, 1.54) is 0 Å². The van der Waals surface area contributed by atoms with Crippen LogP contribution in [-0.4, -0.2) is 35.6 Å². The van der Waals surface area contributed by atoms with Gasteiger partial charge in [-0.3, -0.25) is 14.6 Å². The molecular weight excluding hydrogens is 468 g/mol. The standard InChI is InChI=1S/C26H21BrN2O3/c27-20-13-7-8-14-21(20)28-22(16-15-18-9-3-1-4-10-18)24(25(28)30)29-23(17-32-26(29)31)19-11-5-2-6-12-19/h1-16,22-24H,17H2/b16-15+/t22-,23-,24+/m1/s1. The fourth-order valence-electron chi connectivity index (χ4n) is 4.34. The first-order valence-electron chi connectivity index (χ1n) is 10.5. The number of rotatable bonds is 5. The Hall–Kier alpha value is -3.38. The lowest BCUT2D eigenvalue weighted by molar-refractivity contribution is -0.130. The minimum Gasteiger partial charge on any atom is -0.447 e. The van der Waals surface area contributed by atoms with Gasteiger partial charge in [0.2, 0.25) is 0 Å². The summed E-state index contributed by atoms with van der Waals surface area (Å²) in [5, 5.41) is 0. The monoisotopic (exact) mass is 488 g/mol. The van der Waals surface area contributed by atoms with Gasteiger partial charge in [0.1, 0.15) is 12.6 Å². The van der Waals surface area contributed by atoms with Gasteiger partial charge >= 0.3 is 6.09 Å². The van der Waals surface area contributed by atoms with E-state index in [1.54, 1.807) is 9.80 Å². The van der Waals surface area contributed by atoms with Crippen LogP contribution in [-0.2, 0) is 9.53 Å². The highest BCUT2D eigenvalue weighted by atomic mass is 79.9. The minimum atomic E-state index is -0.637. The van der Waals surface area contributed by atoms with Crippen molar-refractivity contribution >= 4 is 39.7 Å². The predicted octanol–water partition coefficient (Wildman–Crippen LogP) is 5.44. The zero-order chi connectivity index (χ0) is 22.1. The Morgan fingerprint density at radius 3 is 2.25 bits per heavy atom. The number of halogens is 1. The molecule has 3 aromatic carbocycles. The lowest BCUT2D eigenvalue weighted by Crippen LogP contribution is -2.71. The molecule has 0 aliphatic carbocycles. The number of carbonyl (C=O) groups is 2. The third kappa shape index (κ3) is 3.60. The molecule has 3 aromatic rings. The third-order valence-corrected chi connectivity index (χ3v) is 6.58. The Balaban J connectivity index is 1.52. The van der Waals surface area contributed by atoms with E-state index in [0.717, 1.165) is 21.3 Å². The van der Waals surface area contributed by atoms with Crippen LogP contribution in [0.4, 0.5) is 10.5 Å². The van der Waals surface area contributed by atoms with Gasteiger partial charge < -0.3 is 4.74 Å². The molecule has 0 radical (unpaired) electrons. The van der Waals surface area contributed by atoms with Crippen LogP contribution in [0.5, 0.6) is 0 Å². The highest BCUT2D eigenvalue weighted by molar-refractivity contribution is 9.10. The van der Waals surface area contributed by atoms with Crippen LogP contribution >= 0.6 is 15.9 Å². The van der Waals surface area contributed by atoms with Crippen LogP contribution in [0.25, 0.3) is 6.08 Å². The fourth-order valence-corrected chi connectivity index (χ4v) is 4.82. The van der Waals surface area contributed by atoms with E-state index < -0.39 is 12.1 Å². The van der Waals surface area contributed by atoms with Gasteiger partial charge in [-0.05, 0) is 39.2 Å². The molecule has 2 fully saturated rings. The van der Waals surface area contributed by atoms with Gasteiger partial charge in [-0.2, -0.15) is 0 Å². The number of hydrogen-bond acceptors (Lipinski definition) is 3. The number of ether oxygens (including phenoxy) is 1. The van der Waals surface area contributed by atoms with Gasteiger partial charge in [-0.15, -0.1) is 0 Å². The van der Waals surface area contributed by atoms with E-state index in [9.17, 15) is 9.59 Å². The molecule has 2 saturated heterocycles. The van der Waals surface area contributed by atoms with Crippen molar-refractivity contribution in [2.75, 3.05) is 11.5 Å². The summed E-state index contributed by atoms with van der Waals surface area (Å²) in [6, 6.07) is 26.0. The van der Waals surface area contributed by atoms with Crippen LogP contribution in [0.1, 0.15) is 17.2 Å². The van der Waals surface area contributed by atoms with Gasteiger partial charge in [0, 0.05) is 4.47 Å². The molecule has 0 saturated carbocycles. The van der Waals surface area contributed by atoms with Crippen molar-refractivity contribution in [3.8, 4) is 0 Å². The Bertz CT molecular complexity index is 1170. The lowest BCUT2D eigenvalue weighted by atomic mass is 9.89. The maximum absolute atomic E-state index is 13.5. The minimum absolute atomic E-state index is 0.126. The number of nitrogens with zero attached hydrogens (tertiary/aromatic N) is 2. The average Bonchev–Trinajstić information content (AvgIpc) is 3.20. The molecule has 6 heteroatoms. The van der Waals surface area contributed by atoms with E-state index in [4.69, 9.17) is 4.74 Å². The summed E-state index contributed by atoms with van der Waals surface area (Å²) in [5.41, 5.74) is 2.76. The van der Waals surface area contributed by atoms with Gasteiger partial charge in [0.15, 0.2) is 0 Å². The Labute approximate surface area is 195 Å².